The van der Waals surface area contributed by atoms with Crippen LogP contribution in [-0.4, -0.2) is 21.3 Å². The summed E-state index contributed by atoms with van der Waals surface area (Å²) in [6, 6.07) is 0. The molecule has 1 N–H and O–H groups in total. The van der Waals surface area contributed by atoms with Crippen molar-refractivity contribution in [3.63, 3.8) is 0 Å². The number of carboxylic acids is 1. The van der Waals surface area contributed by atoms with E-state index in [2.05, 4.69) is 4.98 Å². The number of carboxylic acid groups (broad SMARTS) is 1. The van der Waals surface area contributed by atoms with Gasteiger partial charge in [0.2, 0.25) is 0 Å². The van der Waals surface area contributed by atoms with Gasteiger partial charge in [0, 0.05) is 11.0 Å². The molecule has 2 rings (SSSR count). The summed E-state index contributed by atoms with van der Waals surface area (Å²) in [7, 11) is 0. The van der Waals surface area contributed by atoms with Gasteiger partial charge in [0.15, 0.2) is 0 Å². The van der Waals surface area contributed by atoms with Crippen LogP contribution in [-0.2, 0) is 12.2 Å². The molecule has 0 bridgehead atoms. The zero-order valence-electron chi connectivity index (χ0n) is 10.6. The van der Waals surface area contributed by atoms with E-state index in [-0.39, 0.29) is 0 Å². The van der Waals surface area contributed by atoms with Crippen LogP contribution in [0.3, 0.4) is 0 Å². The Balaban J connectivity index is 1.94. The van der Waals surface area contributed by atoms with Crippen LogP contribution in [0.1, 0.15) is 59.4 Å². The lowest BCUT2D eigenvalue weighted by Gasteiger charge is -2.20. The van der Waals surface area contributed by atoms with E-state index in [1.54, 1.807) is 0 Å². The molecule has 1 saturated carbocycles. The third-order valence-corrected chi connectivity index (χ3v) is 5.92. The van der Waals surface area contributed by atoms with E-state index in [1.165, 1.54) is 43.4 Å². The topological polar surface area (TPSA) is 50.2 Å². The SMILES string of the molecule is CCc1nc(CSC2CCCCC2)sc1C(=O)O. The molecule has 0 aliphatic heterocycles. The molecule has 3 nitrogen and oxygen atoms in total. The van der Waals surface area contributed by atoms with Gasteiger partial charge in [-0.05, 0) is 19.3 Å². The summed E-state index contributed by atoms with van der Waals surface area (Å²) in [5.41, 5.74) is 0.742. The van der Waals surface area contributed by atoms with Gasteiger partial charge >= 0.3 is 5.97 Å². The number of aromatic nitrogens is 1. The number of thioether (sulfide) groups is 1. The van der Waals surface area contributed by atoms with Gasteiger partial charge in [-0.1, -0.05) is 26.2 Å². The van der Waals surface area contributed by atoms with Crippen LogP contribution < -0.4 is 0 Å². The van der Waals surface area contributed by atoms with E-state index in [1.807, 2.05) is 18.7 Å². The molecule has 0 spiro atoms. The first kappa shape index (κ1) is 13.9. The molecule has 0 saturated heterocycles. The van der Waals surface area contributed by atoms with E-state index in [4.69, 9.17) is 5.11 Å². The van der Waals surface area contributed by atoms with Crippen LogP contribution in [0, 0.1) is 0 Å². The Bertz CT molecular complexity index is 411. The zero-order valence-corrected chi connectivity index (χ0v) is 12.3. The van der Waals surface area contributed by atoms with Crippen molar-refractivity contribution in [1.29, 1.82) is 0 Å². The summed E-state index contributed by atoms with van der Waals surface area (Å²) in [4.78, 5) is 15.9. The number of aromatic carboxylic acids is 1. The van der Waals surface area contributed by atoms with Crippen LogP contribution in [0.4, 0.5) is 0 Å². The quantitative estimate of drug-likeness (QED) is 0.889. The van der Waals surface area contributed by atoms with Crippen molar-refractivity contribution >= 4 is 29.1 Å². The minimum atomic E-state index is -0.835. The fraction of sp³-hybridized carbons (Fsp3) is 0.692. The minimum Gasteiger partial charge on any atom is -0.477 e. The Hall–Kier alpha value is -0.550. The normalized spacial score (nSPS) is 16.9. The van der Waals surface area contributed by atoms with Crippen molar-refractivity contribution in [3.05, 3.63) is 15.6 Å². The average Bonchev–Trinajstić information content (AvgIpc) is 2.81. The molecule has 0 aromatic carbocycles. The molecule has 1 aliphatic rings. The summed E-state index contributed by atoms with van der Waals surface area (Å²) < 4.78 is 0. The second kappa shape index (κ2) is 6.57. The van der Waals surface area contributed by atoms with Gasteiger partial charge in [-0.2, -0.15) is 11.8 Å². The Morgan fingerprint density at radius 3 is 2.72 bits per heavy atom. The number of carbonyl (C=O) groups is 1. The first-order valence-corrected chi connectivity index (χ1v) is 8.40. The molecule has 1 aromatic heterocycles. The molecule has 0 atom stereocenters. The smallest absolute Gasteiger partial charge is 0.347 e. The van der Waals surface area contributed by atoms with Crippen molar-refractivity contribution in [2.45, 2.75) is 56.5 Å². The maximum absolute atomic E-state index is 11.1. The van der Waals surface area contributed by atoms with Crippen LogP contribution >= 0.6 is 23.1 Å². The standard InChI is InChI=1S/C13H19NO2S2/c1-2-10-12(13(15)16)18-11(14-10)8-17-9-6-4-3-5-7-9/h9H,2-8H2,1H3,(H,15,16). The summed E-state index contributed by atoms with van der Waals surface area (Å²) >= 11 is 3.30. The summed E-state index contributed by atoms with van der Waals surface area (Å²) in [5.74, 6) is 0.0357. The van der Waals surface area contributed by atoms with Crippen molar-refractivity contribution in [1.82, 2.24) is 4.98 Å². The van der Waals surface area contributed by atoms with E-state index < -0.39 is 5.97 Å². The lowest BCUT2D eigenvalue weighted by atomic mass is 10.0. The minimum absolute atomic E-state index is 0.428. The molecule has 0 unspecified atom stereocenters. The average molecular weight is 285 g/mol. The van der Waals surface area contributed by atoms with Crippen molar-refractivity contribution < 1.29 is 9.90 Å². The molecule has 1 aromatic rings. The van der Waals surface area contributed by atoms with E-state index in [0.717, 1.165) is 21.7 Å². The van der Waals surface area contributed by atoms with Gasteiger partial charge in [-0.15, -0.1) is 11.3 Å². The fourth-order valence-corrected chi connectivity index (χ4v) is 4.63. The van der Waals surface area contributed by atoms with Crippen LogP contribution in [0.25, 0.3) is 0 Å². The molecule has 18 heavy (non-hydrogen) atoms. The third-order valence-electron chi connectivity index (χ3n) is 3.27. The summed E-state index contributed by atoms with van der Waals surface area (Å²) in [5, 5.41) is 10.8. The Kier molecular flexibility index (Phi) is 5.06. The Labute approximate surface area is 116 Å². The number of rotatable bonds is 5. The van der Waals surface area contributed by atoms with Crippen molar-refractivity contribution in [2.24, 2.45) is 0 Å². The van der Waals surface area contributed by atoms with Crippen LogP contribution in [0.15, 0.2) is 0 Å². The molecule has 5 heteroatoms. The molecular formula is C13H19NO2S2. The second-order valence-corrected chi connectivity index (χ2v) is 6.99. The van der Waals surface area contributed by atoms with E-state index in [9.17, 15) is 4.79 Å². The van der Waals surface area contributed by atoms with E-state index in [0.29, 0.717) is 11.3 Å². The number of hydrogen-bond donors (Lipinski definition) is 1. The Morgan fingerprint density at radius 2 is 2.17 bits per heavy atom. The Morgan fingerprint density at radius 1 is 1.44 bits per heavy atom. The van der Waals surface area contributed by atoms with Crippen molar-refractivity contribution in [3.8, 4) is 0 Å². The van der Waals surface area contributed by atoms with E-state index >= 15 is 0 Å². The predicted octanol–water partition coefficient (Wildman–Crippen LogP) is 3.97. The van der Waals surface area contributed by atoms with Gasteiger partial charge in [0.1, 0.15) is 9.88 Å². The first-order chi connectivity index (χ1) is 8.70. The maximum atomic E-state index is 11.1. The first-order valence-electron chi connectivity index (χ1n) is 6.54. The number of thiazole rings is 1. The van der Waals surface area contributed by atoms with Gasteiger partial charge in [-0.3, -0.25) is 0 Å². The molecular weight excluding hydrogens is 266 g/mol. The fourth-order valence-electron chi connectivity index (χ4n) is 2.29. The molecule has 100 valence electrons. The van der Waals surface area contributed by atoms with Crippen molar-refractivity contribution in [2.75, 3.05) is 0 Å². The molecule has 0 radical (unpaired) electrons. The highest BCUT2D eigenvalue weighted by molar-refractivity contribution is 7.99. The van der Waals surface area contributed by atoms with Gasteiger partial charge in [0.05, 0.1) is 5.69 Å². The van der Waals surface area contributed by atoms with Crippen LogP contribution in [0.2, 0.25) is 0 Å². The highest BCUT2D eigenvalue weighted by atomic mass is 32.2. The van der Waals surface area contributed by atoms with Gasteiger partial charge in [-0.25, -0.2) is 9.78 Å². The van der Waals surface area contributed by atoms with Crippen LogP contribution in [0.5, 0.6) is 0 Å². The molecule has 1 fully saturated rings. The lowest BCUT2D eigenvalue weighted by molar-refractivity contribution is 0.0701. The maximum Gasteiger partial charge on any atom is 0.347 e. The number of nitrogens with zero attached hydrogens (tertiary/aromatic N) is 1. The van der Waals surface area contributed by atoms with Gasteiger partial charge in [0.25, 0.3) is 0 Å². The number of aryl methyl sites for hydroxylation is 1. The summed E-state index contributed by atoms with van der Waals surface area (Å²) in [6.45, 7) is 1.96. The largest absolute Gasteiger partial charge is 0.477 e. The monoisotopic (exact) mass is 285 g/mol. The lowest BCUT2D eigenvalue weighted by Crippen LogP contribution is -2.08. The van der Waals surface area contributed by atoms with Gasteiger partial charge < -0.3 is 5.11 Å². The molecule has 0 amide bonds. The zero-order chi connectivity index (χ0) is 13.0. The molecule has 1 aliphatic carbocycles. The predicted molar refractivity (Wildman–Crippen MR) is 76.6 cm³/mol. The number of hydrogen-bond acceptors (Lipinski definition) is 4. The highest BCUT2D eigenvalue weighted by Gasteiger charge is 2.18. The third kappa shape index (κ3) is 3.48. The molecule has 1 heterocycles. The highest BCUT2D eigenvalue weighted by Crippen LogP contribution is 2.32. The second-order valence-electron chi connectivity index (χ2n) is 4.61. The summed E-state index contributed by atoms with van der Waals surface area (Å²) in [6.07, 6.45) is 7.38.